The van der Waals surface area contributed by atoms with Crippen molar-refractivity contribution in [1.29, 1.82) is 0 Å². The van der Waals surface area contributed by atoms with Gasteiger partial charge < -0.3 is 15.4 Å². The number of anilines is 1. The molecule has 2 rings (SSSR count). The van der Waals surface area contributed by atoms with E-state index in [1.807, 2.05) is 5.32 Å². The highest BCUT2D eigenvalue weighted by Gasteiger charge is 2.18. The molecule has 0 aliphatic heterocycles. The van der Waals surface area contributed by atoms with Crippen molar-refractivity contribution in [3.05, 3.63) is 58.9 Å². The Morgan fingerprint density at radius 2 is 1.81 bits per heavy atom. The lowest BCUT2D eigenvalue weighted by atomic mass is 10.2. The van der Waals surface area contributed by atoms with Crippen LogP contribution in [0.5, 0.6) is 5.75 Å². The molecular formula is C17H14ClF3N2O3. The number of nitrogens with one attached hydrogen (secondary N) is 2. The normalized spacial score (nSPS) is 11.6. The zero-order chi connectivity index (χ0) is 19.3. The summed E-state index contributed by atoms with van der Waals surface area (Å²) in [6, 6.07) is 8.08. The van der Waals surface area contributed by atoms with Crippen LogP contribution < -0.4 is 15.4 Å². The highest BCUT2D eigenvalue weighted by atomic mass is 35.5. The molecule has 138 valence electrons. The summed E-state index contributed by atoms with van der Waals surface area (Å²) in [6.07, 6.45) is -0.956. The van der Waals surface area contributed by atoms with Gasteiger partial charge in [0.2, 0.25) is 5.91 Å². The van der Waals surface area contributed by atoms with Crippen molar-refractivity contribution in [3.63, 3.8) is 0 Å². The molecule has 2 amide bonds. The molecule has 1 atom stereocenters. The van der Waals surface area contributed by atoms with E-state index in [9.17, 15) is 22.8 Å². The summed E-state index contributed by atoms with van der Waals surface area (Å²) >= 11 is 5.92. The van der Waals surface area contributed by atoms with E-state index in [0.717, 1.165) is 6.07 Å². The molecule has 0 radical (unpaired) electrons. The Kier molecular flexibility index (Phi) is 6.46. The SMILES string of the molecule is CC(Oc1ccccc1Cl)C(=O)NCC(=O)Nc1ccc(F)c(F)c1F. The standard InChI is InChI=1S/C17H14ClF3N2O3/c1-9(26-13-5-3-2-4-10(13)18)17(25)22-8-14(24)23-12-7-6-11(19)15(20)16(12)21/h2-7,9H,8H2,1H3,(H,22,25)(H,23,24). The van der Waals surface area contributed by atoms with Crippen molar-refractivity contribution in [1.82, 2.24) is 5.32 Å². The van der Waals surface area contributed by atoms with Crippen molar-refractivity contribution in [2.24, 2.45) is 0 Å². The van der Waals surface area contributed by atoms with Crippen molar-refractivity contribution in [3.8, 4) is 5.75 Å². The maximum Gasteiger partial charge on any atom is 0.261 e. The average molecular weight is 387 g/mol. The van der Waals surface area contributed by atoms with Crippen LogP contribution in [0.15, 0.2) is 36.4 Å². The third kappa shape index (κ3) is 4.89. The van der Waals surface area contributed by atoms with E-state index in [2.05, 4.69) is 5.32 Å². The molecule has 0 bridgehead atoms. The lowest BCUT2D eigenvalue weighted by Crippen LogP contribution is -2.40. The monoisotopic (exact) mass is 386 g/mol. The van der Waals surface area contributed by atoms with Gasteiger partial charge in [-0.1, -0.05) is 23.7 Å². The summed E-state index contributed by atoms with van der Waals surface area (Å²) in [5.74, 6) is -5.75. The summed E-state index contributed by atoms with van der Waals surface area (Å²) in [4.78, 5) is 23.7. The fourth-order valence-corrected chi connectivity index (χ4v) is 2.09. The van der Waals surface area contributed by atoms with Gasteiger partial charge in [-0.05, 0) is 31.2 Å². The number of carbonyl (C=O) groups is 2. The highest BCUT2D eigenvalue weighted by Crippen LogP contribution is 2.24. The van der Waals surface area contributed by atoms with Crippen LogP contribution in [0.1, 0.15) is 6.92 Å². The van der Waals surface area contributed by atoms with E-state index in [0.29, 0.717) is 16.8 Å². The number of rotatable bonds is 6. The summed E-state index contributed by atoms with van der Waals surface area (Å²) in [6.45, 7) is 0.930. The molecule has 1 unspecified atom stereocenters. The number of hydrogen-bond donors (Lipinski definition) is 2. The molecule has 5 nitrogen and oxygen atoms in total. The molecule has 2 aromatic rings. The summed E-state index contributed by atoms with van der Waals surface area (Å²) < 4.78 is 44.8. The molecule has 26 heavy (non-hydrogen) atoms. The van der Waals surface area contributed by atoms with Crippen LogP contribution in [0, 0.1) is 17.5 Å². The second-order valence-electron chi connectivity index (χ2n) is 5.18. The van der Waals surface area contributed by atoms with E-state index < -0.39 is 47.6 Å². The first kappa shape index (κ1) is 19.6. The second-order valence-corrected chi connectivity index (χ2v) is 5.59. The molecule has 0 aliphatic rings. The lowest BCUT2D eigenvalue weighted by Gasteiger charge is -2.15. The second kappa shape index (κ2) is 8.57. The van der Waals surface area contributed by atoms with Crippen LogP contribution in [0.2, 0.25) is 5.02 Å². The van der Waals surface area contributed by atoms with E-state index in [1.165, 1.54) is 6.92 Å². The van der Waals surface area contributed by atoms with Gasteiger partial charge >= 0.3 is 0 Å². The molecule has 0 heterocycles. The first-order chi connectivity index (χ1) is 12.3. The lowest BCUT2D eigenvalue weighted by molar-refractivity contribution is -0.129. The number of carbonyl (C=O) groups excluding carboxylic acids is 2. The minimum atomic E-state index is -1.70. The Balaban J connectivity index is 1.88. The summed E-state index contributed by atoms with van der Waals surface area (Å²) in [5, 5.41) is 4.63. The van der Waals surface area contributed by atoms with Gasteiger partial charge in [0.05, 0.1) is 17.3 Å². The molecule has 0 fully saturated rings. The van der Waals surface area contributed by atoms with Gasteiger partial charge in [-0.2, -0.15) is 0 Å². The largest absolute Gasteiger partial charge is 0.479 e. The third-order valence-electron chi connectivity index (χ3n) is 3.24. The van der Waals surface area contributed by atoms with Crippen molar-refractivity contribution in [2.45, 2.75) is 13.0 Å². The van der Waals surface area contributed by atoms with Gasteiger partial charge in [0, 0.05) is 0 Å². The van der Waals surface area contributed by atoms with Gasteiger partial charge in [-0.15, -0.1) is 0 Å². The summed E-state index contributed by atoms with van der Waals surface area (Å²) in [7, 11) is 0. The molecule has 0 aromatic heterocycles. The van der Waals surface area contributed by atoms with Crippen molar-refractivity contribution in [2.75, 3.05) is 11.9 Å². The maximum atomic E-state index is 13.5. The third-order valence-corrected chi connectivity index (χ3v) is 3.55. The highest BCUT2D eigenvalue weighted by molar-refractivity contribution is 6.32. The van der Waals surface area contributed by atoms with Gasteiger partial charge in [-0.25, -0.2) is 13.2 Å². The number of halogens is 4. The Bertz CT molecular complexity index is 833. The Hall–Kier alpha value is -2.74. The first-order valence-electron chi connectivity index (χ1n) is 7.42. The number of ether oxygens (including phenoxy) is 1. The first-order valence-corrected chi connectivity index (χ1v) is 7.79. The van der Waals surface area contributed by atoms with Crippen LogP contribution in [-0.2, 0) is 9.59 Å². The van der Waals surface area contributed by atoms with Gasteiger partial charge in [0.25, 0.3) is 5.91 Å². The van der Waals surface area contributed by atoms with Crippen LogP contribution in [0.25, 0.3) is 0 Å². The molecule has 0 spiro atoms. The minimum Gasteiger partial charge on any atom is -0.479 e. The number of para-hydroxylation sites is 1. The predicted molar refractivity (Wildman–Crippen MR) is 89.5 cm³/mol. The Morgan fingerprint density at radius 3 is 2.50 bits per heavy atom. The van der Waals surface area contributed by atoms with Crippen LogP contribution in [-0.4, -0.2) is 24.5 Å². The molecular weight excluding hydrogens is 373 g/mol. The number of hydrogen-bond acceptors (Lipinski definition) is 3. The molecule has 0 saturated heterocycles. The Labute approximate surface area is 152 Å². The maximum absolute atomic E-state index is 13.5. The molecule has 2 aromatic carbocycles. The van der Waals surface area contributed by atoms with Gasteiger partial charge in [0.1, 0.15) is 5.75 Å². The zero-order valence-corrected chi connectivity index (χ0v) is 14.2. The van der Waals surface area contributed by atoms with Crippen molar-refractivity contribution < 1.29 is 27.5 Å². The fraction of sp³-hybridized carbons (Fsp3) is 0.176. The molecule has 0 saturated carbocycles. The van der Waals surface area contributed by atoms with Crippen LogP contribution >= 0.6 is 11.6 Å². The zero-order valence-electron chi connectivity index (χ0n) is 13.5. The molecule has 9 heteroatoms. The van der Waals surface area contributed by atoms with E-state index >= 15 is 0 Å². The quantitative estimate of drug-likeness (QED) is 0.749. The van der Waals surface area contributed by atoms with E-state index in [1.54, 1.807) is 24.3 Å². The van der Waals surface area contributed by atoms with Crippen molar-refractivity contribution >= 4 is 29.1 Å². The van der Waals surface area contributed by atoms with Crippen LogP contribution in [0.3, 0.4) is 0 Å². The van der Waals surface area contributed by atoms with E-state index in [4.69, 9.17) is 16.3 Å². The average Bonchev–Trinajstić information content (AvgIpc) is 2.62. The smallest absolute Gasteiger partial charge is 0.261 e. The van der Waals surface area contributed by atoms with E-state index in [-0.39, 0.29) is 0 Å². The fourth-order valence-electron chi connectivity index (χ4n) is 1.91. The predicted octanol–water partition coefficient (Wildman–Crippen LogP) is 3.28. The molecule has 2 N–H and O–H groups in total. The summed E-state index contributed by atoms with van der Waals surface area (Å²) in [5.41, 5.74) is -0.538. The molecule has 0 aliphatic carbocycles. The topological polar surface area (TPSA) is 67.4 Å². The van der Waals surface area contributed by atoms with Gasteiger partial charge in [0.15, 0.2) is 23.6 Å². The van der Waals surface area contributed by atoms with Gasteiger partial charge in [-0.3, -0.25) is 9.59 Å². The number of amides is 2. The van der Waals surface area contributed by atoms with Crippen LogP contribution in [0.4, 0.5) is 18.9 Å². The Morgan fingerprint density at radius 1 is 1.12 bits per heavy atom. The number of benzene rings is 2. The minimum absolute atomic E-state index is 0.296.